The lowest BCUT2D eigenvalue weighted by Crippen LogP contribution is -2.28. The van der Waals surface area contributed by atoms with Crippen LogP contribution in [0.1, 0.15) is 19.8 Å². The maximum absolute atomic E-state index is 12.2. The summed E-state index contributed by atoms with van der Waals surface area (Å²) in [6.45, 7) is 0.913. The number of rotatable bonds is 3. The molecule has 1 unspecified atom stereocenters. The quantitative estimate of drug-likeness (QED) is 0.791. The largest absolute Gasteiger partial charge is 0.486 e. The van der Waals surface area contributed by atoms with Gasteiger partial charge >= 0.3 is 6.18 Å². The predicted molar refractivity (Wildman–Crippen MR) is 56.8 cm³/mol. The third-order valence-corrected chi connectivity index (χ3v) is 3.63. The number of alkyl halides is 3. The smallest absolute Gasteiger partial charge is 0.425 e. The number of halogens is 3. The summed E-state index contributed by atoms with van der Waals surface area (Å²) in [5.41, 5.74) is 0. The summed E-state index contributed by atoms with van der Waals surface area (Å²) in [4.78, 5) is 0.213. The molecule has 0 N–H and O–H groups in total. The Balaban J connectivity index is 2.73. The van der Waals surface area contributed by atoms with Gasteiger partial charge in [0.1, 0.15) is 0 Å². The molecule has 0 heterocycles. The minimum atomic E-state index is -4.42. The molecule has 0 amide bonds. The van der Waals surface area contributed by atoms with Crippen LogP contribution >= 0.6 is 0 Å². The minimum Gasteiger partial charge on any atom is -0.486 e. The van der Waals surface area contributed by atoms with Crippen LogP contribution in [0.4, 0.5) is 13.2 Å². The first-order chi connectivity index (χ1) is 7.60. The molecule has 3 nitrogen and oxygen atoms in total. The van der Waals surface area contributed by atoms with Crippen molar-refractivity contribution in [3.63, 3.8) is 0 Å². The van der Waals surface area contributed by atoms with Crippen molar-refractivity contribution >= 4 is 9.84 Å². The van der Waals surface area contributed by atoms with Gasteiger partial charge in [0.15, 0.2) is 15.9 Å². The number of allylic oxidation sites excluding steroid dienone is 4. The van der Waals surface area contributed by atoms with Gasteiger partial charge in [-0.25, -0.2) is 8.42 Å². The molecule has 17 heavy (non-hydrogen) atoms. The highest BCUT2D eigenvalue weighted by Crippen LogP contribution is 2.28. The fourth-order valence-corrected chi connectivity index (χ4v) is 2.09. The van der Waals surface area contributed by atoms with Gasteiger partial charge in [0.25, 0.3) is 0 Å². The van der Waals surface area contributed by atoms with Crippen molar-refractivity contribution in [1.82, 2.24) is 0 Å². The van der Waals surface area contributed by atoms with Crippen LogP contribution < -0.4 is 0 Å². The van der Waals surface area contributed by atoms with E-state index in [4.69, 9.17) is 4.74 Å². The van der Waals surface area contributed by atoms with Crippen LogP contribution in [-0.4, -0.2) is 27.0 Å². The number of sulfone groups is 1. The van der Waals surface area contributed by atoms with E-state index >= 15 is 0 Å². The Bertz CT molecular complexity index is 446. The Morgan fingerprint density at radius 1 is 1.29 bits per heavy atom. The Morgan fingerprint density at radius 3 is 2.24 bits per heavy atom. The van der Waals surface area contributed by atoms with E-state index in [2.05, 4.69) is 0 Å². The molecule has 0 saturated carbocycles. The van der Waals surface area contributed by atoms with Gasteiger partial charge in [-0.2, -0.15) is 13.2 Å². The van der Waals surface area contributed by atoms with Crippen LogP contribution in [0.3, 0.4) is 0 Å². The first kappa shape index (κ1) is 14.1. The van der Waals surface area contributed by atoms with Crippen molar-refractivity contribution in [2.45, 2.75) is 32.0 Å². The standard InChI is InChI=1S/C10H13F3O3S/c1-7(10(11,12)13)16-8-3-5-9(6-4-8)17(2,14)15/h3,5,7H,4,6H2,1-2H3. The lowest BCUT2D eigenvalue weighted by Gasteiger charge is -2.21. The van der Waals surface area contributed by atoms with Crippen molar-refractivity contribution in [2.24, 2.45) is 0 Å². The Hall–Kier alpha value is -0.980. The molecular formula is C10H13F3O3S. The number of hydrogen-bond donors (Lipinski definition) is 0. The van der Waals surface area contributed by atoms with E-state index in [0.29, 0.717) is 0 Å². The number of ether oxygens (including phenoxy) is 1. The van der Waals surface area contributed by atoms with E-state index in [1.54, 1.807) is 0 Å². The molecule has 0 spiro atoms. The van der Waals surface area contributed by atoms with Crippen LogP contribution in [0.5, 0.6) is 0 Å². The lowest BCUT2D eigenvalue weighted by atomic mass is 10.1. The fraction of sp³-hybridized carbons (Fsp3) is 0.600. The van der Waals surface area contributed by atoms with Crippen molar-refractivity contribution in [2.75, 3.05) is 6.26 Å². The molecule has 0 radical (unpaired) electrons. The average molecular weight is 270 g/mol. The zero-order valence-corrected chi connectivity index (χ0v) is 10.2. The zero-order valence-electron chi connectivity index (χ0n) is 9.41. The Labute approximate surface area is 97.9 Å². The van der Waals surface area contributed by atoms with Crippen molar-refractivity contribution in [1.29, 1.82) is 0 Å². The second kappa shape index (κ2) is 4.72. The monoisotopic (exact) mass is 270 g/mol. The van der Waals surface area contributed by atoms with Crippen molar-refractivity contribution < 1.29 is 26.3 Å². The lowest BCUT2D eigenvalue weighted by molar-refractivity contribution is -0.204. The van der Waals surface area contributed by atoms with E-state index in [0.717, 1.165) is 13.2 Å². The van der Waals surface area contributed by atoms with Crippen LogP contribution in [0.15, 0.2) is 22.8 Å². The highest BCUT2D eigenvalue weighted by Gasteiger charge is 2.38. The topological polar surface area (TPSA) is 43.4 Å². The van der Waals surface area contributed by atoms with Gasteiger partial charge in [-0.05, 0) is 25.5 Å². The molecule has 1 aliphatic rings. The van der Waals surface area contributed by atoms with Crippen molar-refractivity contribution in [3.8, 4) is 0 Å². The summed E-state index contributed by atoms with van der Waals surface area (Å²) in [5.74, 6) is 0.155. The zero-order chi connectivity index (χ0) is 13.3. The predicted octanol–water partition coefficient (Wildman–Crippen LogP) is 2.56. The van der Waals surface area contributed by atoms with Gasteiger partial charge in [-0.1, -0.05) is 0 Å². The molecule has 0 bridgehead atoms. The molecule has 0 saturated heterocycles. The van der Waals surface area contributed by atoms with Gasteiger partial charge in [0.05, 0.1) is 5.76 Å². The second-order valence-corrected chi connectivity index (χ2v) is 5.91. The molecular weight excluding hydrogens is 257 g/mol. The molecule has 0 aromatic heterocycles. The average Bonchev–Trinajstić information content (AvgIpc) is 2.15. The summed E-state index contributed by atoms with van der Waals surface area (Å²) >= 11 is 0. The molecule has 0 aliphatic heterocycles. The third kappa shape index (κ3) is 4.07. The van der Waals surface area contributed by atoms with Gasteiger partial charge in [0, 0.05) is 17.6 Å². The highest BCUT2D eigenvalue weighted by molar-refractivity contribution is 7.94. The van der Waals surface area contributed by atoms with Gasteiger partial charge < -0.3 is 4.74 Å². The summed E-state index contributed by atoms with van der Waals surface area (Å²) in [7, 11) is -3.27. The summed E-state index contributed by atoms with van der Waals surface area (Å²) in [6.07, 6.45) is -2.33. The molecule has 7 heteroatoms. The van der Waals surface area contributed by atoms with E-state index in [1.807, 2.05) is 0 Å². The van der Waals surface area contributed by atoms with Crippen LogP contribution in [0, 0.1) is 0 Å². The van der Waals surface area contributed by atoms with Crippen LogP contribution in [-0.2, 0) is 14.6 Å². The second-order valence-electron chi connectivity index (χ2n) is 3.84. The fourth-order valence-electron chi connectivity index (χ4n) is 1.30. The van der Waals surface area contributed by atoms with Gasteiger partial charge in [-0.15, -0.1) is 0 Å². The molecule has 0 fully saturated rings. The summed E-state index contributed by atoms with van der Waals surface area (Å²) in [5, 5.41) is 0. The molecule has 1 aliphatic carbocycles. The molecule has 0 aromatic rings. The molecule has 1 atom stereocenters. The SMILES string of the molecule is CC(OC1=CC=C(S(C)(=O)=O)CC1)C(F)(F)F. The minimum absolute atomic E-state index is 0.155. The Kier molecular flexibility index (Phi) is 3.91. The molecule has 98 valence electrons. The third-order valence-electron chi connectivity index (χ3n) is 2.34. The van der Waals surface area contributed by atoms with E-state index in [-0.39, 0.29) is 23.5 Å². The first-order valence-electron chi connectivity index (χ1n) is 4.94. The van der Waals surface area contributed by atoms with E-state index < -0.39 is 22.1 Å². The maximum atomic E-state index is 12.2. The van der Waals surface area contributed by atoms with Gasteiger partial charge in [0.2, 0.25) is 0 Å². The van der Waals surface area contributed by atoms with E-state index in [1.165, 1.54) is 12.2 Å². The van der Waals surface area contributed by atoms with E-state index in [9.17, 15) is 21.6 Å². The Morgan fingerprint density at radius 2 is 1.88 bits per heavy atom. The molecule has 0 aromatic carbocycles. The van der Waals surface area contributed by atoms with Crippen molar-refractivity contribution in [3.05, 3.63) is 22.8 Å². The molecule has 1 rings (SSSR count). The van der Waals surface area contributed by atoms with Crippen LogP contribution in [0.25, 0.3) is 0 Å². The first-order valence-corrected chi connectivity index (χ1v) is 6.83. The number of hydrogen-bond acceptors (Lipinski definition) is 3. The summed E-state index contributed by atoms with van der Waals surface area (Å²) in [6, 6.07) is 0. The highest BCUT2D eigenvalue weighted by atomic mass is 32.2. The summed E-state index contributed by atoms with van der Waals surface area (Å²) < 4.78 is 63.6. The maximum Gasteiger partial charge on any atom is 0.425 e. The normalized spacial score (nSPS) is 19.4. The van der Waals surface area contributed by atoms with Crippen LogP contribution in [0.2, 0.25) is 0 Å². The van der Waals surface area contributed by atoms with Gasteiger partial charge in [-0.3, -0.25) is 0 Å².